The van der Waals surface area contributed by atoms with Crippen LogP contribution in [0.25, 0.3) is 10.1 Å². The molecule has 5 heteroatoms. The number of fused-ring (bicyclic) bond motifs is 1. The molecule has 0 fully saturated rings. The van der Waals surface area contributed by atoms with Crippen molar-refractivity contribution in [3.8, 4) is 0 Å². The maximum atomic E-state index is 12.0. The van der Waals surface area contributed by atoms with Crippen LogP contribution in [0.1, 0.15) is 23.7 Å². The number of aryl methyl sites for hydroxylation is 1. The quantitative estimate of drug-likeness (QED) is 0.688. The van der Waals surface area contributed by atoms with Crippen molar-refractivity contribution in [1.82, 2.24) is 5.32 Å². The van der Waals surface area contributed by atoms with Crippen LogP contribution in [-0.4, -0.2) is 17.6 Å². The summed E-state index contributed by atoms with van der Waals surface area (Å²) in [5.74, 6) is -0.0754. The molecule has 0 aliphatic heterocycles. The Bertz CT molecular complexity index is 846. The fourth-order valence-corrected chi connectivity index (χ4v) is 3.84. The second-order valence-corrected chi connectivity index (χ2v) is 6.98. The van der Waals surface area contributed by atoms with Crippen molar-refractivity contribution < 1.29 is 9.90 Å². The minimum Gasteiger partial charge on any atom is -0.387 e. The molecule has 2 N–H and O–H groups in total. The number of benzene rings is 2. The number of aliphatic hydroxyl groups excluding tert-OH is 1. The van der Waals surface area contributed by atoms with Gasteiger partial charge in [0.1, 0.15) is 0 Å². The standard InChI is InChI=1S/C19H18ClNO2S/c20-14-5-3-4-13(10-14)8-9-19(23)21-11-17(22)16-12-24-18-7-2-1-6-15(16)18/h1-7,10,12,17,22H,8-9,11H2,(H,21,23)/t17-/m0/s1. The van der Waals surface area contributed by atoms with E-state index in [1.807, 2.05) is 53.9 Å². The largest absolute Gasteiger partial charge is 0.387 e. The Labute approximate surface area is 149 Å². The third-order valence-electron chi connectivity index (χ3n) is 3.89. The summed E-state index contributed by atoms with van der Waals surface area (Å²) in [6.45, 7) is 0.217. The summed E-state index contributed by atoms with van der Waals surface area (Å²) in [7, 11) is 0. The Kier molecular flexibility index (Phi) is 5.51. The van der Waals surface area contributed by atoms with E-state index in [1.165, 1.54) is 0 Å². The molecule has 2 aromatic carbocycles. The van der Waals surface area contributed by atoms with Crippen LogP contribution in [0.2, 0.25) is 5.02 Å². The molecule has 0 aliphatic carbocycles. The van der Waals surface area contributed by atoms with E-state index in [9.17, 15) is 9.90 Å². The van der Waals surface area contributed by atoms with E-state index in [0.717, 1.165) is 21.2 Å². The van der Waals surface area contributed by atoms with E-state index in [1.54, 1.807) is 11.3 Å². The van der Waals surface area contributed by atoms with Crippen molar-refractivity contribution in [3.05, 3.63) is 70.1 Å². The van der Waals surface area contributed by atoms with Gasteiger partial charge in [-0.3, -0.25) is 4.79 Å². The lowest BCUT2D eigenvalue weighted by atomic mass is 10.1. The lowest BCUT2D eigenvalue weighted by molar-refractivity contribution is -0.121. The molecule has 1 amide bonds. The molecular formula is C19H18ClNO2S. The number of hydrogen-bond donors (Lipinski definition) is 2. The first kappa shape index (κ1) is 17.0. The zero-order valence-corrected chi connectivity index (χ0v) is 14.6. The van der Waals surface area contributed by atoms with E-state index in [-0.39, 0.29) is 12.5 Å². The Morgan fingerprint density at radius 3 is 2.88 bits per heavy atom. The Morgan fingerprint density at radius 1 is 1.21 bits per heavy atom. The van der Waals surface area contributed by atoms with Gasteiger partial charge in [-0.25, -0.2) is 0 Å². The fourth-order valence-electron chi connectivity index (χ4n) is 2.62. The summed E-state index contributed by atoms with van der Waals surface area (Å²) in [5.41, 5.74) is 1.90. The Morgan fingerprint density at radius 2 is 2.04 bits per heavy atom. The van der Waals surface area contributed by atoms with Gasteiger partial charge in [-0.05, 0) is 40.9 Å². The Balaban J connectivity index is 1.52. The van der Waals surface area contributed by atoms with Gasteiger partial charge in [0, 0.05) is 28.3 Å². The molecule has 0 bridgehead atoms. The van der Waals surface area contributed by atoms with E-state index in [0.29, 0.717) is 17.9 Å². The summed E-state index contributed by atoms with van der Waals surface area (Å²) in [6, 6.07) is 15.5. The van der Waals surface area contributed by atoms with Gasteiger partial charge < -0.3 is 10.4 Å². The second-order valence-electron chi connectivity index (χ2n) is 5.64. The topological polar surface area (TPSA) is 49.3 Å². The van der Waals surface area contributed by atoms with Gasteiger partial charge in [0.15, 0.2) is 0 Å². The number of rotatable bonds is 6. The summed E-state index contributed by atoms with van der Waals surface area (Å²) >= 11 is 7.54. The third kappa shape index (κ3) is 4.15. The van der Waals surface area contributed by atoms with Crippen molar-refractivity contribution in [1.29, 1.82) is 0 Å². The summed E-state index contributed by atoms with van der Waals surface area (Å²) in [5, 5.41) is 16.8. The SMILES string of the molecule is O=C(CCc1cccc(Cl)c1)NC[C@H](O)c1csc2ccccc12. The van der Waals surface area contributed by atoms with E-state index in [2.05, 4.69) is 5.32 Å². The number of nitrogens with one attached hydrogen (secondary N) is 1. The molecule has 1 atom stereocenters. The number of carbonyl (C=O) groups is 1. The number of carbonyl (C=O) groups excluding carboxylic acids is 1. The molecule has 3 aromatic rings. The zero-order valence-electron chi connectivity index (χ0n) is 13.0. The summed E-state index contributed by atoms with van der Waals surface area (Å²) < 4.78 is 1.14. The van der Waals surface area contributed by atoms with Crippen molar-refractivity contribution in [2.75, 3.05) is 6.54 Å². The van der Waals surface area contributed by atoms with Crippen LogP contribution in [0.5, 0.6) is 0 Å². The van der Waals surface area contributed by atoms with Crippen LogP contribution in [0.4, 0.5) is 0 Å². The van der Waals surface area contributed by atoms with E-state index in [4.69, 9.17) is 11.6 Å². The van der Waals surface area contributed by atoms with Crippen molar-refractivity contribution in [2.45, 2.75) is 18.9 Å². The van der Waals surface area contributed by atoms with Crippen molar-refractivity contribution >= 4 is 38.9 Å². The van der Waals surface area contributed by atoms with Crippen LogP contribution >= 0.6 is 22.9 Å². The molecule has 24 heavy (non-hydrogen) atoms. The van der Waals surface area contributed by atoms with Crippen LogP contribution in [0.15, 0.2) is 53.9 Å². The van der Waals surface area contributed by atoms with Crippen molar-refractivity contribution in [2.24, 2.45) is 0 Å². The molecule has 0 unspecified atom stereocenters. The van der Waals surface area contributed by atoms with Crippen LogP contribution in [-0.2, 0) is 11.2 Å². The molecule has 0 spiro atoms. The molecular weight excluding hydrogens is 342 g/mol. The van der Waals surface area contributed by atoms with Crippen LogP contribution in [0, 0.1) is 0 Å². The van der Waals surface area contributed by atoms with Gasteiger partial charge in [-0.15, -0.1) is 11.3 Å². The van der Waals surface area contributed by atoms with Crippen LogP contribution < -0.4 is 5.32 Å². The number of hydrogen-bond acceptors (Lipinski definition) is 3. The van der Waals surface area contributed by atoms with Gasteiger partial charge in [-0.1, -0.05) is 41.9 Å². The highest BCUT2D eigenvalue weighted by Crippen LogP contribution is 2.29. The van der Waals surface area contributed by atoms with Crippen LogP contribution in [0.3, 0.4) is 0 Å². The highest BCUT2D eigenvalue weighted by molar-refractivity contribution is 7.17. The maximum Gasteiger partial charge on any atom is 0.220 e. The fraction of sp³-hybridized carbons (Fsp3) is 0.211. The van der Waals surface area contributed by atoms with Gasteiger partial charge in [0.25, 0.3) is 0 Å². The number of amides is 1. The van der Waals surface area contributed by atoms with Gasteiger partial charge in [0.2, 0.25) is 5.91 Å². The van der Waals surface area contributed by atoms with Gasteiger partial charge in [0.05, 0.1) is 6.10 Å². The van der Waals surface area contributed by atoms with Crippen molar-refractivity contribution in [3.63, 3.8) is 0 Å². The first-order valence-electron chi connectivity index (χ1n) is 7.79. The minimum atomic E-state index is -0.698. The lowest BCUT2D eigenvalue weighted by Crippen LogP contribution is -2.28. The molecule has 0 saturated carbocycles. The molecule has 124 valence electrons. The average Bonchev–Trinajstić information content (AvgIpc) is 3.02. The molecule has 3 rings (SSSR count). The molecule has 1 aromatic heterocycles. The maximum absolute atomic E-state index is 12.0. The number of thiophene rings is 1. The average molecular weight is 360 g/mol. The normalized spacial score (nSPS) is 12.2. The molecule has 0 radical (unpaired) electrons. The summed E-state index contributed by atoms with van der Waals surface area (Å²) in [6.07, 6.45) is 0.303. The van der Waals surface area contributed by atoms with Gasteiger partial charge in [-0.2, -0.15) is 0 Å². The van der Waals surface area contributed by atoms with E-state index >= 15 is 0 Å². The highest BCUT2D eigenvalue weighted by atomic mass is 35.5. The smallest absolute Gasteiger partial charge is 0.220 e. The minimum absolute atomic E-state index is 0.0754. The molecule has 0 aliphatic rings. The number of aliphatic hydroxyl groups is 1. The van der Waals surface area contributed by atoms with Gasteiger partial charge >= 0.3 is 0 Å². The predicted molar refractivity (Wildman–Crippen MR) is 99.6 cm³/mol. The number of halogens is 1. The summed E-state index contributed by atoms with van der Waals surface area (Å²) in [4.78, 5) is 12.0. The lowest BCUT2D eigenvalue weighted by Gasteiger charge is -2.11. The Hall–Kier alpha value is -1.88. The predicted octanol–water partition coefficient (Wildman–Crippen LogP) is 4.34. The van der Waals surface area contributed by atoms with E-state index < -0.39 is 6.10 Å². The monoisotopic (exact) mass is 359 g/mol. The first-order valence-corrected chi connectivity index (χ1v) is 9.04. The third-order valence-corrected chi connectivity index (χ3v) is 5.11. The highest BCUT2D eigenvalue weighted by Gasteiger charge is 2.14. The molecule has 1 heterocycles. The molecule has 0 saturated heterocycles. The molecule has 3 nitrogen and oxygen atoms in total. The first-order chi connectivity index (χ1) is 11.6. The zero-order chi connectivity index (χ0) is 16.9. The second kappa shape index (κ2) is 7.79.